The Morgan fingerprint density at radius 2 is 2.21 bits per heavy atom. The number of nitrogens with one attached hydrogen (secondary N) is 1. The Hall–Kier alpha value is -2.14. The van der Waals surface area contributed by atoms with Crippen molar-refractivity contribution in [3.05, 3.63) is 36.0 Å². The lowest BCUT2D eigenvalue weighted by atomic mass is 10.1. The van der Waals surface area contributed by atoms with Gasteiger partial charge in [0.1, 0.15) is 11.9 Å². The fourth-order valence-corrected chi connectivity index (χ4v) is 1.90. The van der Waals surface area contributed by atoms with Crippen LogP contribution in [0, 0.1) is 0 Å². The van der Waals surface area contributed by atoms with Gasteiger partial charge in [0.25, 0.3) is 0 Å². The maximum Gasteiger partial charge on any atom is 0.328 e. The second-order valence-electron chi connectivity index (χ2n) is 4.29. The van der Waals surface area contributed by atoms with Gasteiger partial charge in [0.05, 0.1) is 6.61 Å². The third kappa shape index (κ3) is 2.82. The molecule has 0 radical (unpaired) electrons. The molecule has 3 N–H and O–H groups in total. The van der Waals surface area contributed by atoms with Crippen molar-refractivity contribution in [1.82, 2.24) is 4.98 Å². The molecule has 0 bridgehead atoms. The van der Waals surface area contributed by atoms with Crippen LogP contribution in [-0.2, 0) is 11.2 Å². The number of nitrogens with zero attached hydrogens (tertiary/aromatic N) is 1. The van der Waals surface area contributed by atoms with Crippen LogP contribution in [0.2, 0.25) is 0 Å². The van der Waals surface area contributed by atoms with Crippen molar-refractivity contribution in [3.8, 4) is 0 Å². The molecule has 0 aliphatic carbocycles. The molecule has 0 amide bonds. The summed E-state index contributed by atoms with van der Waals surface area (Å²) in [4.78, 5) is 15.1. The van der Waals surface area contributed by atoms with Crippen LogP contribution in [0.4, 0.5) is 5.82 Å². The summed E-state index contributed by atoms with van der Waals surface area (Å²) >= 11 is 0. The van der Waals surface area contributed by atoms with Crippen LogP contribution in [0.15, 0.2) is 30.5 Å². The number of pyridine rings is 1. The lowest BCUT2D eigenvalue weighted by molar-refractivity contribution is -0.138. The molecule has 1 heterocycles. The maximum atomic E-state index is 10.9. The Bertz CT molecular complexity index is 598. The van der Waals surface area contributed by atoms with Gasteiger partial charge >= 0.3 is 5.97 Å². The van der Waals surface area contributed by atoms with E-state index in [1.165, 1.54) is 0 Å². The second-order valence-corrected chi connectivity index (χ2v) is 4.29. The number of aryl methyl sites for hydroxylation is 1. The summed E-state index contributed by atoms with van der Waals surface area (Å²) in [5.74, 6) is -0.623. The van der Waals surface area contributed by atoms with Crippen LogP contribution in [-0.4, -0.2) is 33.8 Å². The zero-order valence-electron chi connectivity index (χ0n) is 10.6. The summed E-state index contributed by atoms with van der Waals surface area (Å²) in [6.07, 6.45) is 2.51. The van der Waals surface area contributed by atoms with E-state index in [4.69, 9.17) is 10.2 Å². The molecule has 1 aromatic heterocycles. The summed E-state index contributed by atoms with van der Waals surface area (Å²) in [7, 11) is 0. The van der Waals surface area contributed by atoms with Gasteiger partial charge in [-0.25, -0.2) is 9.78 Å². The number of carboxylic acid groups (broad SMARTS) is 1. The van der Waals surface area contributed by atoms with Crippen LogP contribution in [0.3, 0.4) is 0 Å². The highest BCUT2D eigenvalue weighted by molar-refractivity contribution is 5.93. The molecule has 0 aliphatic heterocycles. The molecular formula is C14H16N2O3. The highest BCUT2D eigenvalue weighted by atomic mass is 16.4. The van der Waals surface area contributed by atoms with Crippen molar-refractivity contribution in [1.29, 1.82) is 0 Å². The number of hydrogen-bond acceptors (Lipinski definition) is 4. The molecule has 1 unspecified atom stereocenters. The molecule has 100 valence electrons. The molecule has 1 aromatic carbocycles. The van der Waals surface area contributed by atoms with E-state index in [0.717, 1.165) is 22.8 Å². The third-order valence-electron chi connectivity index (χ3n) is 3.03. The maximum absolute atomic E-state index is 10.9. The van der Waals surface area contributed by atoms with Crippen LogP contribution in [0.25, 0.3) is 10.8 Å². The number of carboxylic acids is 1. The number of benzene rings is 1. The predicted molar refractivity (Wildman–Crippen MR) is 73.3 cm³/mol. The van der Waals surface area contributed by atoms with E-state index in [1.54, 1.807) is 6.20 Å². The minimum Gasteiger partial charge on any atom is -0.480 e. The van der Waals surface area contributed by atoms with Crippen LogP contribution >= 0.6 is 0 Å². The van der Waals surface area contributed by atoms with Crippen molar-refractivity contribution < 1.29 is 15.0 Å². The van der Waals surface area contributed by atoms with Crippen molar-refractivity contribution in [2.24, 2.45) is 0 Å². The Morgan fingerprint density at radius 1 is 1.42 bits per heavy atom. The van der Waals surface area contributed by atoms with Gasteiger partial charge in [-0.2, -0.15) is 0 Å². The molecule has 19 heavy (non-hydrogen) atoms. The van der Waals surface area contributed by atoms with Crippen molar-refractivity contribution in [3.63, 3.8) is 0 Å². The lowest BCUT2D eigenvalue weighted by Gasteiger charge is -2.14. The first-order chi connectivity index (χ1) is 9.15. The number of carbonyl (C=O) groups is 1. The molecule has 5 nitrogen and oxygen atoms in total. The van der Waals surface area contributed by atoms with Crippen molar-refractivity contribution >= 4 is 22.6 Å². The Labute approximate surface area is 110 Å². The highest BCUT2D eigenvalue weighted by Gasteiger charge is 2.17. The second kappa shape index (κ2) is 5.67. The van der Waals surface area contributed by atoms with Crippen molar-refractivity contribution in [2.75, 3.05) is 11.9 Å². The van der Waals surface area contributed by atoms with E-state index in [2.05, 4.69) is 17.2 Å². The van der Waals surface area contributed by atoms with Crippen LogP contribution in [0.5, 0.6) is 0 Å². The van der Waals surface area contributed by atoms with E-state index < -0.39 is 18.6 Å². The first kappa shape index (κ1) is 13.3. The Balaban J connectivity index is 2.44. The largest absolute Gasteiger partial charge is 0.480 e. The van der Waals surface area contributed by atoms with E-state index in [1.807, 2.05) is 24.3 Å². The molecule has 0 fully saturated rings. The van der Waals surface area contributed by atoms with E-state index >= 15 is 0 Å². The van der Waals surface area contributed by atoms with E-state index in [0.29, 0.717) is 5.82 Å². The molecule has 0 aliphatic rings. The van der Waals surface area contributed by atoms with Gasteiger partial charge in [-0.05, 0) is 29.5 Å². The van der Waals surface area contributed by atoms with E-state index in [9.17, 15) is 4.79 Å². The molecule has 2 aromatic rings. The average molecular weight is 260 g/mol. The minimum atomic E-state index is -1.10. The minimum absolute atomic E-state index is 0.481. The van der Waals surface area contributed by atoms with E-state index in [-0.39, 0.29) is 0 Å². The average Bonchev–Trinajstić information content (AvgIpc) is 2.43. The quantitative estimate of drug-likeness (QED) is 0.761. The topological polar surface area (TPSA) is 82.5 Å². The zero-order chi connectivity index (χ0) is 13.8. The van der Waals surface area contributed by atoms with Gasteiger partial charge in [-0.15, -0.1) is 0 Å². The molecule has 5 heteroatoms. The molecule has 0 saturated carbocycles. The SMILES string of the molecule is CCc1ccc2ccnc(NC(CO)C(=O)O)c2c1. The van der Waals surface area contributed by atoms with Gasteiger partial charge in [-0.1, -0.05) is 19.1 Å². The monoisotopic (exact) mass is 260 g/mol. The molecule has 2 rings (SSSR count). The van der Waals surface area contributed by atoms with Gasteiger partial charge in [0, 0.05) is 11.6 Å². The smallest absolute Gasteiger partial charge is 0.328 e. The zero-order valence-corrected chi connectivity index (χ0v) is 10.6. The normalized spacial score (nSPS) is 12.3. The number of aliphatic hydroxyl groups excluding tert-OH is 1. The fraction of sp³-hybridized carbons (Fsp3) is 0.286. The summed E-state index contributed by atoms with van der Waals surface area (Å²) in [5, 5.41) is 22.6. The van der Waals surface area contributed by atoms with Crippen LogP contribution in [0.1, 0.15) is 12.5 Å². The number of hydrogen-bond donors (Lipinski definition) is 3. The van der Waals surface area contributed by atoms with Gasteiger partial charge < -0.3 is 15.5 Å². The number of fused-ring (bicyclic) bond motifs is 1. The number of rotatable bonds is 5. The Kier molecular flexibility index (Phi) is 3.97. The predicted octanol–water partition coefficient (Wildman–Crippen LogP) is 1.65. The third-order valence-corrected chi connectivity index (χ3v) is 3.03. The molecule has 0 saturated heterocycles. The van der Waals surface area contributed by atoms with Gasteiger partial charge in [0.2, 0.25) is 0 Å². The number of aliphatic carboxylic acids is 1. The number of anilines is 1. The molecular weight excluding hydrogens is 244 g/mol. The molecule has 0 spiro atoms. The summed E-state index contributed by atoms with van der Waals surface area (Å²) in [5.41, 5.74) is 1.15. The van der Waals surface area contributed by atoms with Crippen LogP contribution < -0.4 is 5.32 Å². The van der Waals surface area contributed by atoms with Crippen molar-refractivity contribution in [2.45, 2.75) is 19.4 Å². The number of aromatic nitrogens is 1. The first-order valence-electron chi connectivity index (χ1n) is 6.13. The lowest BCUT2D eigenvalue weighted by Crippen LogP contribution is -2.33. The standard InChI is InChI=1S/C14H16N2O3/c1-2-9-3-4-10-5-6-15-13(11(10)7-9)16-12(8-17)14(18)19/h3-7,12,17H,2,8H2,1H3,(H,15,16)(H,18,19). The van der Waals surface area contributed by atoms with Gasteiger partial charge in [0.15, 0.2) is 0 Å². The number of aliphatic hydroxyl groups is 1. The summed E-state index contributed by atoms with van der Waals surface area (Å²) in [6.45, 7) is 1.57. The Morgan fingerprint density at radius 3 is 2.84 bits per heavy atom. The highest BCUT2D eigenvalue weighted by Crippen LogP contribution is 2.23. The first-order valence-corrected chi connectivity index (χ1v) is 6.13. The summed E-state index contributed by atoms with van der Waals surface area (Å²) < 4.78 is 0. The van der Waals surface area contributed by atoms with Gasteiger partial charge in [-0.3, -0.25) is 0 Å². The summed E-state index contributed by atoms with van der Waals surface area (Å²) in [6, 6.07) is 6.82. The molecule has 1 atom stereocenters. The fourth-order valence-electron chi connectivity index (χ4n) is 1.90.